The van der Waals surface area contributed by atoms with E-state index < -0.39 is 47.2 Å². The Balaban J connectivity index is 1.83. The second kappa shape index (κ2) is 11.8. The minimum atomic E-state index is -1.99. The van der Waals surface area contributed by atoms with Crippen LogP contribution in [-0.2, 0) is 19.9 Å². The number of methoxy groups -OCH3 is 1. The molecule has 200 valence electrons. The number of hydrogen-bond donors (Lipinski definition) is 2. The highest BCUT2D eigenvalue weighted by Crippen LogP contribution is 2.35. The number of ether oxygens (including phenoxy) is 3. The zero-order chi connectivity index (χ0) is 28.0. The normalized spacial score (nSPS) is 12.7. The number of rotatable bonds is 9. The van der Waals surface area contributed by atoms with E-state index in [4.69, 9.17) is 14.2 Å². The lowest BCUT2D eigenvalue weighted by Crippen LogP contribution is -2.46. The lowest BCUT2D eigenvalue weighted by atomic mass is 9.82. The van der Waals surface area contributed by atoms with Crippen molar-refractivity contribution < 1.29 is 42.5 Å². The van der Waals surface area contributed by atoms with Gasteiger partial charge in [-0.1, -0.05) is 24.3 Å². The first kappa shape index (κ1) is 28.2. The van der Waals surface area contributed by atoms with Gasteiger partial charge in [-0.15, -0.1) is 0 Å². The van der Waals surface area contributed by atoms with Crippen molar-refractivity contribution in [3.8, 4) is 11.5 Å². The Bertz CT molecular complexity index is 1270. The molecule has 2 N–H and O–H groups in total. The summed E-state index contributed by atoms with van der Waals surface area (Å²) < 4.78 is 42.8. The Morgan fingerprint density at radius 2 is 1.47 bits per heavy atom. The number of nitrogens with one attached hydrogen (secondary N) is 1. The number of benzene rings is 2. The van der Waals surface area contributed by atoms with Crippen LogP contribution in [0.3, 0.4) is 0 Å². The third kappa shape index (κ3) is 6.12. The number of aliphatic hydroxyl groups is 1. The van der Waals surface area contributed by atoms with Gasteiger partial charge in [-0.25, -0.2) is 18.6 Å². The number of pyridine rings is 1. The molecule has 1 amide bonds. The lowest BCUT2D eigenvalue weighted by molar-refractivity contribution is -0.162. The molecule has 0 radical (unpaired) electrons. The monoisotopic (exact) mass is 528 g/mol. The second-order valence-corrected chi connectivity index (χ2v) is 8.34. The van der Waals surface area contributed by atoms with Gasteiger partial charge in [-0.2, -0.15) is 0 Å². The molecule has 1 unspecified atom stereocenters. The number of esters is 2. The molecular formula is C27H26F2N2O7. The molecular weight excluding hydrogens is 502 g/mol. The van der Waals surface area contributed by atoms with Crippen LogP contribution in [0.1, 0.15) is 42.4 Å². The molecule has 0 saturated carbocycles. The van der Waals surface area contributed by atoms with Gasteiger partial charge in [-0.05, 0) is 49.2 Å². The molecule has 2 aromatic carbocycles. The molecule has 3 rings (SSSR count). The summed E-state index contributed by atoms with van der Waals surface area (Å²) in [6.45, 7) is 3.88. The van der Waals surface area contributed by atoms with Crippen LogP contribution in [0.15, 0.2) is 60.8 Å². The zero-order valence-corrected chi connectivity index (χ0v) is 21.0. The number of carbonyl (C=O) groups excluding carboxylic acids is 3. The average molecular weight is 529 g/mol. The minimum Gasteiger partial charge on any atom is -0.493 e. The van der Waals surface area contributed by atoms with Crippen LogP contribution in [-0.4, -0.2) is 47.2 Å². The molecule has 2 atom stereocenters. The van der Waals surface area contributed by atoms with Crippen molar-refractivity contribution in [1.29, 1.82) is 0 Å². The van der Waals surface area contributed by atoms with Gasteiger partial charge in [0, 0.05) is 19.2 Å². The van der Waals surface area contributed by atoms with Crippen LogP contribution in [0.5, 0.6) is 11.5 Å². The maximum absolute atomic E-state index is 13.6. The Labute approximate surface area is 217 Å². The molecule has 11 heteroatoms. The molecule has 1 heterocycles. The van der Waals surface area contributed by atoms with E-state index in [0.717, 1.165) is 31.2 Å². The van der Waals surface area contributed by atoms with Crippen LogP contribution >= 0.6 is 0 Å². The van der Waals surface area contributed by atoms with Crippen molar-refractivity contribution >= 4 is 17.8 Å². The standard InChI is InChI=1S/C27H26F2N2O7/c1-15(31-25(33)23-24(38-17(3)32)22(36-4)13-14-30-23)26(34)37-16(2)27(35,18-5-9-20(28)10-6-18)19-7-11-21(29)12-8-19/h5-16,35H,1-4H3,(H,31,33)/t15-,16?/m1/s1. The van der Waals surface area contributed by atoms with E-state index in [9.17, 15) is 28.3 Å². The predicted octanol–water partition coefficient (Wildman–Crippen LogP) is 3.28. The number of nitrogens with zero attached hydrogens (tertiary/aromatic N) is 1. The quantitative estimate of drug-likeness (QED) is 0.406. The molecule has 3 aromatic rings. The fraction of sp³-hybridized carbons (Fsp3) is 0.259. The first-order valence-corrected chi connectivity index (χ1v) is 11.4. The number of carbonyl (C=O) groups is 3. The third-order valence-corrected chi connectivity index (χ3v) is 5.70. The van der Waals surface area contributed by atoms with Gasteiger partial charge in [0.15, 0.2) is 17.0 Å². The Kier molecular flexibility index (Phi) is 8.74. The molecule has 0 aliphatic heterocycles. The zero-order valence-electron chi connectivity index (χ0n) is 21.0. The molecule has 0 aliphatic rings. The summed E-state index contributed by atoms with van der Waals surface area (Å²) in [5.74, 6) is -3.74. The van der Waals surface area contributed by atoms with Crippen LogP contribution in [0.25, 0.3) is 0 Å². The second-order valence-electron chi connectivity index (χ2n) is 8.34. The summed E-state index contributed by atoms with van der Waals surface area (Å²) in [5.41, 5.74) is -1.91. The molecule has 0 saturated heterocycles. The molecule has 9 nitrogen and oxygen atoms in total. The first-order chi connectivity index (χ1) is 18.0. The summed E-state index contributed by atoms with van der Waals surface area (Å²) in [7, 11) is 1.31. The van der Waals surface area contributed by atoms with Crippen molar-refractivity contribution in [1.82, 2.24) is 10.3 Å². The van der Waals surface area contributed by atoms with Gasteiger partial charge < -0.3 is 24.6 Å². The summed E-state index contributed by atoms with van der Waals surface area (Å²) in [4.78, 5) is 41.2. The highest BCUT2D eigenvalue weighted by atomic mass is 19.1. The van der Waals surface area contributed by atoms with E-state index in [2.05, 4.69) is 10.3 Å². The van der Waals surface area contributed by atoms with Gasteiger partial charge in [-0.3, -0.25) is 9.59 Å². The Hall–Kier alpha value is -4.38. The molecule has 0 fully saturated rings. The average Bonchev–Trinajstić information content (AvgIpc) is 2.88. The number of amides is 1. The summed E-state index contributed by atoms with van der Waals surface area (Å²) >= 11 is 0. The molecule has 0 aliphatic carbocycles. The van der Waals surface area contributed by atoms with Crippen molar-refractivity contribution in [3.63, 3.8) is 0 Å². The minimum absolute atomic E-state index is 0.0767. The van der Waals surface area contributed by atoms with Crippen LogP contribution in [0.4, 0.5) is 8.78 Å². The maximum atomic E-state index is 13.6. The van der Waals surface area contributed by atoms with E-state index in [0.29, 0.717) is 0 Å². The van der Waals surface area contributed by atoms with Gasteiger partial charge >= 0.3 is 11.9 Å². The van der Waals surface area contributed by atoms with E-state index in [1.165, 1.54) is 57.5 Å². The molecule has 1 aromatic heterocycles. The van der Waals surface area contributed by atoms with Gasteiger partial charge in [0.25, 0.3) is 5.91 Å². The van der Waals surface area contributed by atoms with Crippen molar-refractivity contribution in [3.05, 3.63) is 89.2 Å². The van der Waals surface area contributed by atoms with Gasteiger partial charge in [0.2, 0.25) is 5.75 Å². The largest absolute Gasteiger partial charge is 0.493 e. The van der Waals surface area contributed by atoms with Crippen molar-refractivity contribution in [2.24, 2.45) is 0 Å². The van der Waals surface area contributed by atoms with Crippen LogP contribution in [0.2, 0.25) is 0 Å². The molecule has 0 bridgehead atoms. The third-order valence-electron chi connectivity index (χ3n) is 5.70. The molecule has 0 spiro atoms. The smallest absolute Gasteiger partial charge is 0.328 e. The highest BCUT2D eigenvalue weighted by Gasteiger charge is 2.41. The van der Waals surface area contributed by atoms with E-state index in [1.54, 1.807) is 0 Å². The van der Waals surface area contributed by atoms with E-state index in [-0.39, 0.29) is 28.3 Å². The molecule has 38 heavy (non-hydrogen) atoms. The predicted molar refractivity (Wildman–Crippen MR) is 130 cm³/mol. The van der Waals surface area contributed by atoms with E-state index in [1.807, 2.05) is 0 Å². The van der Waals surface area contributed by atoms with Crippen molar-refractivity contribution in [2.45, 2.75) is 38.5 Å². The number of aromatic nitrogens is 1. The summed E-state index contributed by atoms with van der Waals surface area (Å²) in [5, 5.41) is 14.1. The summed E-state index contributed by atoms with van der Waals surface area (Å²) in [6, 6.07) is 9.93. The lowest BCUT2D eigenvalue weighted by Gasteiger charge is -2.35. The van der Waals surface area contributed by atoms with Crippen molar-refractivity contribution in [2.75, 3.05) is 7.11 Å². The highest BCUT2D eigenvalue weighted by molar-refractivity contribution is 5.98. The SMILES string of the molecule is COc1ccnc(C(=O)N[C@H](C)C(=O)OC(C)C(O)(c2ccc(F)cc2)c2ccc(F)cc2)c1OC(C)=O. The van der Waals surface area contributed by atoms with Gasteiger partial charge in [0.1, 0.15) is 23.8 Å². The summed E-state index contributed by atoms with van der Waals surface area (Å²) in [6.07, 6.45) is -0.00561. The van der Waals surface area contributed by atoms with Crippen LogP contribution < -0.4 is 14.8 Å². The first-order valence-electron chi connectivity index (χ1n) is 11.4. The fourth-order valence-electron chi connectivity index (χ4n) is 3.72. The van der Waals surface area contributed by atoms with Gasteiger partial charge in [0.05, 0.1) is 7.11 Å². The fourth-order valence-corrected chi connectivity index (χ4v) is 3.72. The maximum Gasteiger partial charge on any atom is 0.328 e. The number of hydrogen-bond acceptors (Lipinski definition) is 8. The topological polar surface area (TPSA) is 124 Å². The van der Waals surface area contributed by atoms with Crippen LogP contribution in [0, 0.1) is 11.6 Å². The number of halogens is 2. The Morgan fingerprint density at radius 1 is 0.947 bits per heavy atom. The Morgan fingerprint density at radius 3 is 1.95 bits per heavy atom. The van der Waals surface area contributed by atoms with E-state index >= 15 is 0 Å².